The number of rotatable bonds is 5. The van der Waals surface area contributed by atoms with Crippen LogP contribution in [0.1, 0.15) is 10.5 Å². The largest absolute Gasteiger partial charge is 0.497 e. The minimum Gasteiger partial charge on any atom is -0.497 e. The first-order valence-electron chi connectivity index (χ1n) is 10.9. The van der Waals surface area contributed by atoms with Gasteiger partial charge in [-0.1, -0.05) is 17.7 Å². The molecule has 1 fully saturated rings. The van der Waals surface area contributed by atoms with Gasteiger partial charge in [-0.3, -0.25) is 9.78 Å². The molecular weight excluding hydrogens is 515 g/mol. The Kier molecular flexibility index (Phi) is 9.12. The summed E-state index contributed by atoms with van der Waals surface area (Å²) in [5.74, 6) is -1.71. The standard InChI is InChI=1S/C22H22ClN5O2.C2HF3O2/c1-30-18-4-2-3-16(15-18)25-22(29)21-19(23)5-6-20(26-21)28-13-11-27(12-14-28)17-7-9-24-10-8-17;3-2(4,5)1(6)7/h2-10,15H,11-14H2,1H3,(H,25,29);(H,6,7). The highest BCUT2D eigenvalue weighted by Crippen LogP contribution is 2.24. The zero-order valence-corrected chi connectivity index (χ0v) is 20.3. The van der Waals surface area contributed by atoms with Gasteiger partial charge in [0.2, 0.25) is 0 Å². The first kappa shape index (κ1) is 27.5. The highest BCUT2D eigenvalue weighted by molar-refractivity contribution is 6.34. The molecule has 0 atom stereocenters. The van der Waals surface area contributed by atoms with E-state index in [0.29, 0.717) is 16.5 Å². The van der Waals surface area contributed by atoms with Gasteiger partial charge in [-0.25, -0.2) is 9.78 Å². The van der Waals surface area contributed by atoms with E-state index >= 15 is 0 Å². The van der Waals surface area contributed by atoms with Gasteiger partial charge >= 0.3 is 12.1 Å². The van der Waals surface area contributed by atoms with Crippen LogP contribution in [0.4, 0.5) is 30.4 Å². The summed E-state index contributed by atoms with van der Waals surface area (Å²) in [4.78, 5) is 34.8. The van der Waals surface area contributed by atoms with Crippen molar-refractivity contribution in [2.24, 2.45) is 0 Å². The van der Waals surface area contributed by atoms with E-state index in [1.807, 2.05) is 30.3 Å². The molecule has 2 N–H and O–H groups in total. The molecule has 3 heterocycles. The summed E-state index contributed by atoms with van der Waals surface area (Å²) in [6.07, 6.45) is -1.48. The number of methoxy groups -OCH3 is 1. The minimum atomic E-state index is -5.08. The summed E-state index contributed by atoms with van der Waals surface area (Å²) in [5.41, 5.74) is 1.98. The monoisotopic (exact) mass is 537 g/mol. The van der Waals surface area contributed by atoms with Crippen molar-refractivity contribution in [1.82, 2.24) is 9.97 Å². The normalized spacial score (nSPS) is 13.3. The third-order valence-electron chi connectivity index (χ3n) is 5.25. The van der Waals surface area contributed by atoms with Gasteiger partial charge < -0.3 is 25.0 Å². The van der Waals surface area contributed by atoms with E-state index in [9.17, 15) is 18.0 Å². The van der Waals surface area contributed by atoms with Crippen LogP contribution in [0.2, 0.25) is 5.02 Å². The van der Waals surface area contributed by atoms with E-state index in [2.05, 4.69) is 25.1 Å². The fraction of sp³-hybridized carbons (Fsp3) is 0.250. The molecule has 0 saturated carbocycles. The number of aliphatic carboxylic acids is 1. The predicted molar refractivity (Wildman–Crippen MR) is 133 cm³/mol. The van der Waals surface area contributed by atoms with Crippen molar-refractivity contribution in [1.29, 1.82) is 0 Å². The van der Waals surface area contributed by atoms with Crippen molar-refractivity contribution in [2.75, 3.05) is 48.4 Å². The third-order valence-corrected chi connectivity index (χ3v) is 5.55. The molecule has 1 aromatic carbocycles. The summed E-state index contributed by atoms with van der Waals surface area (Å²) >= 11 is 6.28. The Labute approximate surface area is 215 Å². The number of benzene rings is 1. The number of ether oxygens (including phenoxy) is 1. The molecule has 0 radical (unpaired) electrons. The van der Waals surface area contributed by atoms with Crippen LogP contribution in [0, 0.1) is 0 Å². The van der Waals surface area contributed by atoms with Crippen LogP contribution < -0.4 is 19.9 Å². The van der Waals surface area contributed by atoms with E-state index in [1.54, 1.807) is 37.7 Å². The molecule has 0 bridgehead atoms. The van der Waals surface area contributed by atoms with Crippen LogP contribution in [-0.4, -0.2) is 66.4 Å². The van der Waals surface area contributed by atoms with E-state index in [0.717, 1.165) is 37.7 Å². The summed E-state index contributed by atoms with van der Waals surface area (Å²) in [6.45, 7) is 3.32. The van der Waals surface area contributed by atoms with Crippen LogP contribution >= 0.6 is 11.6 Å². The van der Waals surface area contributed by atoms with Crippen molar-refractivity contribution < 1.29 is 32.6 Å². The Bertz CT molecular complexity index is 1220. The van der Waals surface area contributed by atoms with Crippen LogP contribution in [0.3, 0.4) is 0 Å². The first-order chi connectivity index (χ1) is 17.6. The lowest BCUT2D eigenvalue weighted by molar-refractivity contribution is -0.192. The number of pyridine rings is 2. The molecule has 9 nitrogen and oxygen atoms in total. The number of aromatic nitrogens is 2. The number of piperazine rings is 1. The van der Waals surface area contributed by atoms with Crippen molar-refractivity contribution >= 4 is 40.7 Å². The number of alkyl halides is 3. The Morgan fingerprint density at radius 1 is 1.03 bits per heavy atom. The second-order valence-corrected chi connectivity index (χ2v) is 8.08. The second-order valence-electron chi connectivity index (χ2n) is 7.67. The highest BCUT2D eigenvalue weighted by atomic mass is 35.5. The van der Waals surface area contributed by atoms with Gasteiger partial charge in [-0.05, 0) is 36.4 Å². The molecule has 1 saturated heterocycles. The van der Waals surface area contributed by atoms with Crippen LogP contribution in [0.5, 0.6) is 5.75 Å². The second kappa shape index (κ2) is 12.3. The lowest BCUT2D eigenvalue weighted by atomic mass is 10.2. The molecule has 196 valence electrons. The first-order valence-corrected chi connectivity index (χ1v) is 11.3. The molecule has 0 aliphatic carbocycles. The number of carbonyl (C=O) groups is 2. The molecule has 0 spiro atoms. The maximum absolute atomic E-state index is 12.8. The molecular formula is C24H23ClF3N5O4. The average molecular weight is 538 g/mol. The number of nitrogens with zero attached hydrogens (tertiary/aromatic N) is 4. The van der Waals surface area contributed by atoms with Gasteiger partial charge in [-0.2, -0.15) is 13.2 Å². The fourth-order valence-electron chi connectivity index (χ4n) is 3.41. The molecule has 37 heavy (non-hydrogen) atoms. The lowest BCUT2D eigenvalue weighted by Crippen LogP contribution is -2.47. The Morgan fingerprint density at radius 2 is 1.65 bits per heavy atom. The maximum Gasteiger partial charge on any atom is 0.490 e. The topological polar surface area (TPSA) is 108 Å². The minimum absolute atomic E-state index is 0.202. The van der Waals surface area contributed by atoms with Gasteiger partial charge in [0.25, 0.3) is 5.91 Å². The summed E-state index contributed by atoms with van der Waals surface area (Å²) in [6, 6.07) is 14.8. The number of hydrogen-bond donors (Lipinski definition) is 2. The van der Waals surface area contributed by atoms with E-state index in [-0.39, 0.29) is 11.6 Å². The highest BCUT2D eigenvalue weighted by Gasteiger charge is 2.38. The summed E-state index contributed by atoms with van der Waals surface area (Å²) < 4.78 is 36.9. The van der Waals surface area contributed by atoms with Crippen LogP contribution in [0.25, 0.3) is 0 Å². The lowest BCUT2D eigenvalue weighted by Gasteiger charge is -2.36. The van der Waals surface area contributed by atoms with Gasteiger partial charge in [0.05, 0.1) is 12.1 Å². The number of carboxylic acid groups (broad SMARTS) is 1. The number of anilines is 3. The van der Waals surface area contributed by atoms with E-state index in [1.165, 1.54) is 0 Å². The molecule has 0 unspecified atom stereocenters. The molecule has 13 heteroatoms. The van der Waals surface area contributed by atoms with E-state index < -0.39 is 12.1 Å². The van der Waals surface area contributed by atoms with Gasteiger partial charge in [0.1, 0.15) is 17.3 Å². The zero-order valence-electron chi connectivity index (χ0n) is 19.6. The van der Waals surface area contributed by atoms with Crippen molar-refractivity contribution in [2.45, 2.75) is 6.18 Å². The smallest absolute Gasteiger partial charge is 0.490 e. The quantitative estimate of drug-likeness (QED) is 0.494. The zero-order chi connectivity index (χ0) is 27.0. The van der Waals surface area contributed by atoms with Gasteiger partial charge in [0, 0.05) is 56.0 Å². The third kappa shape index (κ3) is 7.71. The van der Waals surface area contributed by atoms with Crippen LogP contribution in [0.15, 0.2) is 60.9 Å². The van der Waals surface area contributed by atoms with Gasteiger partial charge in [-0.15, -0.1) is 0 Å². The molecule has 3 aromatic rings. The number of amides is 1. The molecule has 1 amide bonds. The average Bonchev–Trinajstić information content (AvgIpc) is 2.89. The predicted octanol–water partition coefficient (Wildman–Crippen LogP) is 4.35. The molecule has 1 aliphatic heterocycles. The van der Waals surface area contributed by atoms with Gasteiger partial charge in [0.15, 0.2) is 0 Å². The summed E-state index contributed by atoms with van der Waals surface area (Å²) in [5, 5.41) is 10.3. The Morgan fingerprint density at radius 3 is 2.24 bits per heavy atom. The van der Waals surface area contributed by atoms with Crippen molar-refractivity contribution in [3.63, 3.8) is 0 Å². The number of nitrogens with one attached hydrogen (secondary N) is 1. The van der Waals surface area contributed by atoms with Crippen LogP contribution in [-0.2, 0) is 4.79 Å². The number of halogens is 4. The number of hydrogen-bond acceptors (Lipinski definition) is 7. The van der Waals surface area contributed by atoms with Crippen molar-refractivity contribution in [3.05, 3.63) is 71.6 Å². The molecule has 1 aliphatic rings. The fourth-order valence-corrected chi connectivity index (χ4v) is 3.60. The number of carboxylic acids is 1. The number of carbonyl (C=O) groups excluding carboxylic acids is 1. The Balaban J connectivity index is 0.000000479. The van der Waals surface area contributed by atoms with Crippen molar-refractivity contribution in [3.8, 4) is 5.75 Å². The molecule has 2 aromatic heterocycles. The summed E-state index contributed by atoms with van der Waals surface area (Å²) in [7, 11) is 1.58. The van der Waals surface area contributed by atoms with E-state index in [4.69, 9.17) is 26.2 Å². The maximum atomic E-state index is 12.8. The Hall–Kier alpha value is -4.06. The molecule has 4 rings (SSSR count). The SMILES string of the molecule is COc1cccc(NC(=O)c2nc(N3CCN(c4ccncc4)CC3)ccc2Cl)c1.O=C(O)C(F)(F)F.